The van der Waals surface area contributed by atoms with Crippen LogP contribution in [0.5, 0.6) is 0 Å². The molecule has 0 aliphatic heterocycles. The Morgan fingerprint density at radius 2 is 2.00 bits per heavy atom. The molecule has 100 valence electrons. The molecule has 1 saturated carbocycles. The molecule has 4 heteroatoms. The van der Waals surface area contributed by atoms with Crippen LogP contribution in [0, 0.1) is 5.92 Å². The molecular weight excluding hydrogens is 216 g/mol. The minimum atomic E-state index is -0.112. The van der Waals surface area contributed by atoms with Gasteiger partial charge in [-0.05, 0) is 38.8 Å². The standard InChI is InChI=1S/C13H26N2O2/c1-5-15(6-2)9-10(3)14-12(11-7-8-11)13(16)17-4/h10-12,14H,5-9H2,1-4H3. The monoisotopic (exact) mass is 242 g/mol. The van der Waals surface area contributed by atoms with Crippen molar-refractivity contribution in [1.82, 2.24) is 10.2 Å². The van der Waals surface area contributed by atoms with Crippen LogP contribution < -0.4 is 5.32 Å². The van der Waals surface area contributed by atoms with Crippen LogP contribution in [0.25, 0.3) is 0 Å². The Bertz CT molecular complexity index is 238. The summed E-state index contributed by atoms with van der Waals surface area (Å²) in [7, 11) is 1.47. The normalized spacial score (nSPS) is 19.1. The van der Waals surface area contributed by atoms with Crippen molar-refractivity contribution in [1.29, 1.82) is 0 Å². The third-order valence-corrected chi connectivity index (χ3v) is 3.44. The molecule has 0 bridgehead atoms. The maximum absolute atomic E-state index is 11.7. The van der Waals surface area contributed by atoms with Crippen LogP contribution in [-0.2, 0) is 9.53 Å². The summed E-state index contributed by atoms with van der Waals surface area (Å²) in [4.78, 5) is 14.0. The zero-order chi connectivity index (χ0) is 12.8. The number of rotatable bonds is 8. The molecule has 1 N–H and O–H groups in total. The lowest BCUT2D eigenvalue weighted by atomic mass is 10.1. The molecule has 2 atom stereocenters. The summed E-state index contributed by atoms with van der Waals surface area (Å²) in [6.45, 7) is 9.54. The average molecular weight is 242 g/mol. The summed E-state index contributed by atoms with van der Waals surface area (Å²) in [5.41, 5.74) is 0. The van der Waals surface area contributed by atoms with Gasteiger partial charge in [0.2, 0.25) is 0 Å². The Labute approximate surface area is 105 Å². The zero-order valence-corrected chi connectivity index (χ0v) is 11.5. The molecule has 0 saturated heterocycles. The summed E-state index contributed by atoms with van der Waals surface area (Å²) >= 11 is 0. The minimum absolute atomic E-state index is 0.106. The lowest BCUT2D eigenvalue weighted by Gasteiger charge is -2.26. The fraction of sp³-hybridized carbons (Fsp3) is 0.923. The fourth-order valence-electron chi connectivity index (χ4n) is 2.18. The molecule has 2 unspecified atom stereocenters. The van der Waals surface area contributed by atoms with Crippen LogP contribution >= 0.6 is 0 Å². The first-order valence-electron chi connectivity index (χ1n) is 6.68. The number of likely N-dealkylation sites (N-methyl/N-ethyl adjacent to an activating group) is 1. The molecule has 0 amide bonds. The van der Waals surface area contributed by atoms with Crippen LogP contribution in [0.2, 0.25) is 0 Å². The van der Waals surface area contributed by atoms with E-state index < -0.39 is 0 Å². The second kappa shape index (κ2) is 6.97. The van der Waals surface area contributed by atoms with Crippen molar-refractivity contribution < 1.29 is 9.53 Å². The van der Waals surface area contributed by atoms with Crippen LogP contribution in [0.3, 0.4) is 0 Å². The van der Waals surface area contributed by atoms with Crippen LogP contribution in [0.15, 0.2) is 0 Å². The maximum Gasteiger partial charge on any atom is 0.323 e. The highest BCUT2D eigenvalue weighted by Gasteiger charge is 2.37. The van der Waals surface area contributed by atoms with Gasteiger partial charge in [-0.15, -0.1) is 0 Å². The Balaban J connectivity index is 2.40. The molecule has 1 aliphatic carbocycles. The second-order valence-corrected chi connectivity index (χ2v) is 4.89. The number of ether oxygens (including phenoxy) is 1. The van der Waals surface area contributed by atoms with Gasteiger partial charge in [0.1, 0.15) is 6.04 Å². The van der Waals surface area contributed by atoms with E-state index in [0.717, 1.165) is 32.5 Å². The summed E-state index contributed by atoms with van der Waals surface area (Å²) in [6, 6.07) is 0.213. The van der Waals surface area contributed by atoms with Gasteiger partial charge in [-0.3, -0.25) is 4.79 Å². The zero-order valence-electron chi connectivity index (χ0n) is 11.5. The minimum Gasteiger partial charge on any atom is -0.468 e. The summed E-state index contributed by atoms with van der Waals surface area (Å²) in [5, 5.41) is 3.41. The van der Waals surface area contributed by atoms with E-state index in [2.05, 4.69) is 31.0 Å². The molecule has 1 rings (SSSR count). The SMILES string of the molecule is CCN(CC)CC(C)NC(C(=O)OC)C1CC1. The number of esters is 1. The quantitative estimate of drug-likeness (QED) is 0.651. The van der Waals surface area contributed by atoms with Crippen molar-refractivity contribution in [3.63, 3.8) is 0 Å². The van der Waals surface area contributed by atoms with Gasteiger partial charge < -0.3 is 15.0 Å². The third kappa shape index (κ3) is 4.64. The van der Waals surface area contributed by atoms with Crippen molar-refractivity contribution >= 4 is 5.97 Å². The average Bonchev–Trinajstić information content (AvgIpc) is 3.16. The van der Waals surface area contributed by atoms with E-state index in [-0.39, 0.29) is 12.0 Å². The van der Waals surface area contributed by atoms with Gasteiger partial charge in [-0.1, -0.05) is 13.8 Å². The molecule has 4 nitrogen and oxygen atoms in total. The van der Waals surface area contributed by atoms with Crippen LogP contribution in [-0.4, -0.2) is 49.7 Å². The van der Waals surface area contributed by atoms with E-state index in [0.29, 0.717) is 12.0 Å². The van der Waals surface area contributed by atoms with E-state index in [1.165, 1.54) is 7.11 Å². The number of hydrogen-bond donors (Lipinski definition) is 1. The van der Waals surface area contributed by atoms with E-state index in [4.69, 9.17) is 4.74 Å². The topological polar surface area (TPSA) is 41.6 Å². The Kier molecular flexibility index (Phi) is 5.92. The number of nitrogens with zero attached hydrogens (tertiary/aromatic N) is 1. The van der Waals surface area contributed by atoms with E-state index in [1.807, 2.05) is 0 Å². The van der Waals surface area contributed by atoms with Crippen molar-refractivity contribution in [2.45, 2.75) is 45.7 Å². The van der Waals surface area contributed by atoms with Crippen molar-refractivity contribution in [3.8, 4) is 0 Å². The molecule has 17 heavy (non-hydrogen) atoms. The smallest absolute Gasteiger partial charge is 0.323 e. The third-order valence-electron chi connectivity index (χ3n) is 3.44. The molecule has 1 aliphatic rings. The predicted molar refractivity (Wildman–Crippen MR) is 68.9 cm³/mol. The Hall–Kier alpha value is -0.610. The Morgan fingerprint density at radius 1 is 1.41 bits per heavy atom. The van der Waals surface area contributed by atoms with Crippen molar-refractivity contribution in [3.05, 3.63) is 0 Å². The summed E-state index contributed by atoms with van der Waals surface area (Å²) in [6.07, 6.45) is 2.29. The van der Waals surface area contributed by atoms with Gasteiger partial charge in [0, 0.05) is 12.6 Å². The van der Waals surface area contributed by atoms with E-state index in [9.17, 15) is 4.79 Å². The fourth-order valence-corrected chi connectivity index (χ4v) is 2.18. The number of carbonyl (C=O) groups excluding carboxylic acids is 1. The van der Waals surface area contributed by atoms with Crippen molar-refractivity contribution in [2.24, 2.45) is 5.92 Å². The molecule has 0 aromatic heterocycles. The number of hydrogen-bond acceptors (Lipinski definition) is 4. The van der Waals surface area contributed by atoms with Gasteiger partial charge in [0.15, 0.2) is 0 Å². The predicted octanol–water partition coefficient (Wildman–Crippen LogP) is 1.26. The molecule has 0 aromatic rings. The molecular formula is C13H26N2O2. The second-order valence-electron chi connectivity index (χ2n) is 4.89. The molecule has 0 radical (unpaired) electrons. The first kappa shape index (κ1) is 14.5. The highest BCUT2D eigenvalue weighted by atomic mass is 16.5. The highest BCUT2D eigenvalue weighted by Crippen LogP contribution is 2.33. The number of methoxy groups -OCH3 is 1. The van der Waals surface area contributed by atoms with Gasteiger partial charge in [-0.2, -0.15) is 0 Å². The van der Waals surface area contributed by atoms with Gasteiger partial charge in [0.05, 0.1) is 7.11 Å². The largest absolute Gasteiger partial charge is 0.468 e. The first-order valence-corrected chi connectivity index (χ1v) is 6.68. The van der Waals surface area contributed by atoms with Gasteiger partial charge in [0.25, 0.3) is 0 Å². The molecule has 0 heterocycles. The van der Waals surface area contributed by atoms with E-state index >= 15 is 0 Å². The lowest BCUT2D eigenvalue weighted by molar-refractivity contribution is -0.144. The first-order chi connectivity index (χ1) is 8.12. The highest BCUT2D eigenvalue weighted by molar-refractivity contribution is 5.76. The molecule has 1 fully saturated rings. The maximum atomic E-state index is 11.7. The molecule has 0 aromatic carbocycles. The Morgan fingerprint density at radius 3 is 2.41 bits per heavy atom. The summed E-state index contributed by atoms with van der Waals surface area (Å²) < 4.78 is 4.86. The van der Waals surface area contributed by atoms with E-state index in [1.54, 1.807) is 0 Å². The van der Waals surface area contributed by atoms with Crippen LogP contribution in [0.1, 0.15) is 33.6 Å². The summed E-state index contributed by atoms with van der Waals surface area (Å²) in [5.74, 6) is 0.375. The van der Waals surface area contributed by atoms with Gasteiger partial charge in [-0.25, -0.2) is 0 Å². The van der Waals surface area contributed by atoms with Gasteiger partial charge >= 0.3 is 5.97 Å². The lowest BCUT2D eigenvalue weighted by Crippen LogP contribution is -2.48. The number of nitrogens with one attached hydrogen (secondary N) is 1. The number of carbonyl (C=O) groups is 1. The van der Waals surface area contributed by atoms with Crippen molar-refractivity contribution in [2.75, 3.05) is 26.7 Å². The molecule has 0 spiro atoms. The van der Waals surface area contributed by atoms with Crippen LogP contribution in [0.4, 0.5) is 0 Å².